The van der Waals surface area contributed by atoms with E-state index in [1.165, 1.54) is 0 Å². The number of carbonyl (C=O) groups excluding carboxylic acids is 6. The van der Waals surface area contributed by atoms with Gasteiger partial charge < -0.3 is 29.7 Å². The van der Waals surface area contributed by atoms with Crippen molar-refractivity contribution in [3.63, 3.8) is 0 Å². The predicted octanol–water partition coefficient (Wildman–Crippen LogP) is -0.724. The summed E-state index contributed by atoms with van der Waals surface area (Å²) in [5.74, 6) is -4.53. The Bertz CT molecular complexity index is 469. The van der Waals surface area contributed by atoms with Gasteiger partial charge in [0.15, 0.2) is 0 Å². The maximum Gasteiger partial charge on any atom is 3.00 e. The van der Waals surface area contributed by atoms with Crippen molar-refractivity contribution in [2.24, 2.45) is 0 Å². The molecule has 0 radical (unpaired) electrons. The van der Waals surface area contributed by atoms with Crippen molar-refractivity contribution in [3.8, 4) is 0 Å². The summed E-state index contributed by atoms with van der Waals surface area (Å²) in [7, 11) is 0. The number of unbranched alkanes of at least 4 members (excludes halogenated alkanes) is 3. The predicted molar refractivity (Wildman–Crippen MR) is 108 cm³/mol. The number of carboxylic acid groups (broad SMARTS) is 3. The van der Waals surface area contributed by atoms with Crippen molar-refractivity contribution in [2.45, 2.75) is 97.8 Å². The van der Waals surface area contributed by atoms with E-state index in [4.69, 9.17) is 0 Å². The molecule has 0 aromatic carbocycles. The first-order valence-corrected chi connectivity index (χ1v) is 10.1. The van der Waals surface area contributed by atoms with Crippen molar-refractivity contribution < 1.29 is 44.1 Å². The van der Waals surface area contributed by atoms with Gasteiger partial charge in [-0.1, -0.05) is 40.0 Å². The fourth-order valence-corrected chi connectivity index (χ4v) is 1.87. The number of aliphatic carboxylic acids is 3. The van der Waals surface area contributed by atoms with E-state index < -0.39 is 37.2 Å². The van der Waals surface area contributed by atoms with E-state index in [1.807, 2.05) is 20.8 Å². The molecule has 0 saturated carbocycles. The standard InChI is InChI=1S/3C7H12O3.Al/c3*1-2-3-4-6(8)5-7(9)10;/h3*2-5H2,1H3,(H,9,10);/q;;;+3/p-3. The molecule has 31 heavy (non-hydrogen) atoms. The Morgan fingerprint density at radius 2 is 0.677 bits per heavy atom. The van der Waals surface area contributed by atoms with Gasteiger partial charge in [0.2, 0.25) is 0 Å². The molecule has 0 heterocycles. The molecular weight excluding hydrogens is 423 g/mol. The van der Waals surface area contributed by atoms with E-state index in [2.05, 4.69) is 0 Å². The van der Waals surface area contributed by atoms with Gasteiger partial charge in [-0.25, -0.2) is 0 Å². The van der Waals surface area contributed by atoms with Gasteiger partial charge in [-0.3, -0.25) is 14.4 Å². The summed E-state index contributed by atoms with van der Waals surface area (Å²) in [5.41, 5.74) is 0. The maximum atomic E-state index is 10.6. The number of Topliss-reactive ketones (excluding diaryl/α,β-unsaturated/α-hetero) is 3. The van der Waals surface area contributed by atoms with E-state index in [9.17, 15) is 44.1 Å². The molecule has 0 aliphatic carbocycles. The van der Waals surface area contributed by atoms with Crippen LogP contribution in [0.15, 0.2) is 0 Å². The minimum atomic E-state index is -1.28. The van der Waals surface area contributed by atoms with Gasteiger partial charge in [0.05, 0.1) is 0 Å². The van der Waals surface area contributed by atoms with Gasteiger partial charge in [0, 0.05) is 56.4 Å². The van der Waals surface area contributed by atoms with Crippen molar-refractivity contribution in [3.05, 3.63) is 0 Å². The molecule has 174 valence electrons. The van der Waals surface area contributed by atoms with Gasteiger partial charge in [0.1, 0.15) is 17.3 Å². The summed E-state index contributed by atoms with van der Waals surface area (Å²) in [6.45, 7) is 5.85. The quantitative estimate of drug-likeness (QED) is 0.228. The third-order valence-corrected chi connectivity index (χ3v) is 3.45. The number of carbonyl (C=O) groups is 6. The fourth-order valence-electron chi connectivity index (χ4n) is 1.87. The third kappa shape index (κ3) is 39.1. The number of carboxylic acids is 3. The summed E-state index contributed by atoms with van der Waals surface area (Å²) >= 11 is 0. The number of ketones is 3. The second-order valence-electron chi connectivity index (χ2n) is 6.57. The van der Waals surface area contributed by atoms with E-state index in [1.54, 1.807) is 0 Å². The summed E-state index contributed by atoms with van der Waals surface area (Å²) in [6, 6.07) is 0. The Labute approximate surface area is 194 Å². The molecule has 0 bridgehead atoms. The van der Waals surface area contributed by atoms with Crippen LogP contribution in [0, 0.1) is 0 Å². The average Bonchev–Trinajstić information content (AvgIpc) is 2.62. The Kier molecular flexibility index (Phi) is 30.5. The van der Waals surface area contributed by atoms with Gasteiger partial charge >= 0.3 is 17.4 Å². The Morgan fingerprint density at radius 1 is 0.484 bits per heavy atom. The second kappa shape index (κ2) is 26.0. The molecule has 0 saturated heterocycles. The number of hydrogen-bond donors (Lipinski definition) is 0. The SMILES string of the molecule is CCCCC(=O)CC(=O)[O-].CCCCC(=O)CC(=O)[O-].CCCCC(=O)CC(=O)[O-].[Al+3]. The molecule has 0 rings (SSSR count). The van der Waals surface area contributed by atoms with Crippen LogP contribution in [0.2, 0.25) is 0 Å². The zero-order valence-corrected chi connectivity index (χ0v) is 19.9. The monoisotopic (exact) mass is 456 g/mol. The largest absolute Gasteiger partial charge is 3.00 e. The molecule has 0 N–H and O–H groups in total. The van der Waals surface area contributed by atoms with Crippen molar-refractivity contribution in [1.82, 2.24) is 0 Å². The summed E-state index contributed by atoms with van der Waals surface area (Å²) in [5, 5.41) is 29.5. The minimum Gasteiger partial charge on any atom is -0.550 e. The third-order valence-electron chi connectivity index (χ3n) is 3.45. The van der Waals surface area contributed by atoms with E-state index in [0.29, 0.717) is 19.3 Å². The van der Waals surface area contributed by atoms with Crippen LogP contribution in [0.4, 0.5) is 0 Å². The van der Waals surface area contributed by atoms with Crippen molar-refractivity contribution >= 4 is 52.6 Å². The first kappa shape index (κ1) is 36.3. The molecule has 0 spiro atoms. The Morgan fingerprint density at radius 3 is 0.806 bits per heavy atom. The van der Waals surface area contributed by atoms with Crippen LogP contribution in [0.1, 0.15) is 97.8 Å². The molecule has 10 heteroatoms. The van der Waals surface area contributed by atoms with Crippen LogP contribution >= 0.6 is 0 Å². The van der Waals surface area contributed by atoms with E-state index >= 15 is 0 Å². The first-order chi connectivity index (χ1) is 14.0. The molecule has 0 aromatic rings. The van der Waals surface area contributed by atoms with Gasteiger partial charge in [0.25, 0.3) is 0 Å². The van der Waals surface area contributed by atoms with Gasteiger partial charge in [-0.2, -0.15) is 0 Å². The molecule has 0 fully saturated rings. The van der Waals surface area contributed by atoms with Gasteiger partial charge in [-0.15, -0.1) is 0 Å². The average molecular weight is 456 g/mol. The smallest absolute Gasteiger partial charge is 0.550 e. The van der Waals surface area contributed by atoms with Crippen LogP contribution in [0.5, 0.6) is 0 Å². The van der Waals surface area contributed by atoms with E-state index in [0.717, 1.165) is 38.5 Å². The maximum absolute atomic E-state index is 10.6. The summed E-state index contributed by atoms with van der Waals surface area (Å²) in [6.07, 6.45) is 4.86. The van der Waals surface area contributed by atoms with Crippen LogP contribution < -0.4 is 15.3 Å². The van der Waals surface area contributed by atoms with Crippen LogP contribution in [-0.4, -0.2) is 52.6 Å². The van der Waals surface area contributed by atoms with Crippen molar-refractivity contribution in [1.29, 1.82) is 0 Å². The number of rotatable bonds is 15. The molecule has 0 unspecified atom stereocenters. The minimum absolute atomic E-state index is 0. The van der Waals surface area contributed by atoms with Crippen LogP contribution in [0.25, 0.3) is 0 Å². The summed E-state index contributed by atoms with van der Waals surface area (Å²) in [4.78, 5) is 61.3. The Hall–Kier alpha value is -2.05. The molecule has 0 aliphatic rings. The Balaban J connectivity index is -0.000000174. The summed E-state index contributed by atoms with van der Waals surface area (Å²) < 4.78 is 0. The molecular formula is C21H33AlO9. The molecule has 0 aromatic heterocycles. The zero-order valence-electron chi connectivity index (χ0n) is 18.7. The van der Waals surface area contributed by atoms with Crippen LogP contribution in [0.3, 0.4) is 0 Å². The van der Waals surface area contributed by atoms with Crippen molar-refractivity contribution in [2.75, 3.05) is 0 Å². The normalized spacial score (nSPS) is 9.00. The van der Waals surface area contributed by atoms with E-state index in [-0.39, 0.29) is 34.7 Å². The topological polar surface area (TPSA) is 172 Å². The fraction of sp³-hybridized carbons (Fsp3) is 0.714. The second-order valence-corrected chi connectivity index (χ2v) is 6.57. The molecule has 0 amide bonds. The molecule has 9 nitrogen and oxygen atoms in total. The number of hydrogen-bond acceptors (Lipinski definition) is 9. The van der Waals surface area contributed by atoms with Crippen LogP contribution in [-0.2, 0) is 28.8 Å². The van der Waals surface area contributed by atoms with Gasteiger partial charge in [-0.05, 0) is 19.3 Å². The molecule has 0 atom stereocenters. The first-order valence-electron chi connectivity index (χ1n) is 10.1. The molecule has 0 aliphatic heterocycles. The zero-order chi connectivity index (χ0) is 23.9.